The van der Waals surface area contributed by atoms with Crippen LogP contribution >= 0.6 is 0 Å². The minimum Gasteiger partial charge on any atom is -0.444 e. The highest BCUT2D eigenvalue weighted by atomic mass is 16.6. The molecule has 2 amide bonds. The second-order valence-electron chi connectivity index (χ2n) is 8.64. The van der Waals surface area contributed by atoms with Crippen LogP contribution in [0.5, 0.6) is 0 Å². The number of ether oxygens (including phenoxy) is 1. The van der Waals surface area contributed by atoms with Gasteiger partial charge in [0.05, 0.1) is 23.5 Å². The molecule has 32 heavy (non-hydrogen) atoms. The van der Waals surface area contributed by atoms with E-state index in [2.05, 4.69) is 10.3 Å². The van der Waals surface area contributed by atoms with Gasteiger partial charge in [-0.2, -0.15) is 0 Å². The Morgan fingerprint density at radius 1 is 0.969 bits per heavy atom. The number of nitrogens with one attached hydrogen (secondary N) is 1. The Balaban J connectivity index is 1.75. The molecular formula is C26H29N3O3. The van der Waals surface area contributed by atoms with Gasteiger partial charge in [0.25, 0.3) is 5.91 Å². The van der Waals surface area contributed by atoms with Crippen LogP contribution in [0, 0.1) is 6.92 Å². The summed E-state index contributed by atoms with van der Waals surface area (Å²) >= 11 is 0. The van der Waals surface area contributed by atoms with Gasteiger partial charge >= 0.3 is 6.09 Å². The summed E-state index contributed by atoms with van der Waals surface area (Å²) in [5, 5.41) is 2.96. The van der Waals surface area contributed by atoms with E-state index in [9.17, 15) is 9.59 Å². The number of nitrogens with zero attached hydrogens (tertiary/aromatic N) is 2. The number of hydrogen-bond donors (Lipinski definition) is 1. The zero-order valence-corrected chi connectivity index (χ0v) is 19.2. The van der Waals surface area contributed by atoms with E-state index in [4.69, 9.17) is 4.74 Å². The van der Waals surface area contributed by atoms with E-state index in [0.717, 1.165) is 16.8 Å². The third-order valence-electron chi connectivity index (χ3n) is 4.78. The monoisotopic (exact) mass is 431 g/mol. The third kappa shape index (κ3) is 5.94. The second-order valence-corrected chi connectivity index (χ2v) is 8.64. The molecule has 0 spiro atoms. The summed E-state index contributed by atoms with van der Waals surface area (Å²) in [6, 6.07) is 20.9. The zero-order chi connectivity index (χ0) is 23.3. The average Bonchev–Trinajstić information content (AvgIpc) is 2.74. The lowest BCUT2D eigenvalue weighted by molar-refractivity contribution is 0.0285. The largest absolute Gasteiger partial charge is 0.444 e. The number of anilines is 1. The first-order chi connectivity index (χ1) is 15.1. The fourth-order valence-corrected chi connectivity index (χ4v) is 3.20. The highest BCUT2D eigenvalue weighted by Gasteiger charge is 2.21. The van der Waals surface area contributed by atoms with E-state index < -0.39 is 11.7 Å². The van der Waals surface area contributed by atoms with Crippen LogP contribution < -0.4 is 5.32 Å². The van der Waals surface area contributed by atoms with Crippen molar-refractivity contribution in [2.24, 2.45) is 0 Å². The highest BCUT2D eigenvalue weighted by molar-refractivity contribution is 6.05. The van der Waals surface area contributed by atoms with Crippen molar-refractivity contribution in [3.63, 3.8) is 0 Å². The van der Waals surface area contributed by atoms with Gasteiger partial charge in [-0.15, -0.1) is 0 Å². The molecule has 0 bridgehead atoms. The molecule has 3 aromatic rings. The Labute approximate surface area is 189 Å². The standard InChI is InChI=1S/C26H29N3O3/c1-18-21(15-16-23(27-18)19-11-7-6-8-12-19)24(30)28-22-14-10-9-13-20(22)17-29(5)25(31)32-26(2,3)4/h6-16H,17H2,1-5H3,(H,28,30). The summed E-state index contributed by atoms with van der Waals surface area (Å²) in [5.74, 6) is -0.248. The van der Waals surface area contributed by atoms with E-state index in [0.29, 0.717) is 23.5 Å². The maximum absolute atomic E-state index is 13.0. The Hall–Kier alpha value is -3.67. The number of rotatable bonds is 5. The molecule has 1 heterocycles. The summed E-state index contributed by atoms with van der Waals surface area (Å²) in [7, 11) is 1.67. The predicted octanol–water partition coefficient (Wildman–Crippen LogP) is 5.68. The maximum atomic E-state index is 13.0. The fourth-order valence-electron chi connectivity index (χ4n) is 3.20. The third-order valence-corrected chi connectivity index (χ3v) is 4.78. The minimum atomic E-state index is -0.574. The van der Waals surface area contributed by atoms with E-state index in [1.54, 1.807) is 13.1 Å². The lowest BCUT2D eigenvalue weighted by Gasteiger charge is -2.25. The highest BCUT2D eigenvalue weighted by Crippen LogP contribution is 2.22. The number of aryl methyl sites for hydroxylation is 1. The van der Waals surface area contributed by atoms with Crippen molar-refractivity contribution in [2.75, 3.05) is 12.4 Å². The van der Waals surface area contributed by atoms with E-state index in [1.807, 2.05) is 88.4 Å². The van der Waals surface area contributed by atoms with Gasteiger partial charge in [-0.25, -0.2) is 4.79 Å². The molecule has 0 fully saturated rings. The second kappa shape index (κ2) is 9.64. The van der Waals surface area contributed by atoms with Gasteiger partial charge in [-0.05, 0) is 51.5 Å². The van der Waals surface area contributed by atoms with Crippen LogP contribution in [-0.2, 0) is 11.3 Å². The minimum absolute atomic E-state index is 0.248. The number of benzene rings is 2. The average molecular weight is 432 g/mol. The van der Waals surface area contributed by atoms with Crippen LogP contribution in [0.2, 0.25) is 0 Å². The fraction of sp³-hybridized carbons (Fsp3) is 0.269. The molecule has 166 valence electrons. The van der Waals surface area contributed by atoms with Crippen molar-refractivity contribution in [3.8, 4) is 11.3 Å². The summed E-state index contributed by atoms with van der Waals surface area (Å²) < 4.78 is 5.42. The Kier molecular flexibility index (Phi) is 6.93. The summed E-state index contributed by atoms with van der Waals surface area (Å²) in [6.45, 7) is 7.60. The molecular weight excluding hydrogens is 402 g/mol. The van der Waals surface area contributed by atoms with Gasteiger partial charge in [0.1, 0.15) is 5.60 Å². The molecule has 1 aromatic heterocycles. The molecule has 0 aliphatic rings. The number of carbonyl (C=O) groups excluding carboxylic acids is 2. The first kappa shape index (κ1) is 23.0. The van der Waals surface area contributed by atoms with Crippen LogP contribution in [0.15, 0.2) is 66.7 Å². The van der Waals surface area contributed by atoms with Crippen LogP contribution in [-0.4, -0.2) is 34.5 Å². The molecule has 0 saturated carbocycles. The van der Waals surface area contributed by atoms with Crippen LogP contribution in [0.4, 0.5) is 10.5 Å². The van der Waals surface area contributed by atoms with Gasteiger partial charge in [-0.1, -0.05) is 48.5 Å². The number of para-hydroxylation sites is 1. The lowest BCUT2D eigenvalue weighted by atomic mass is 10.1. The van der Waals surface area contributed by atoms with Crippen molar-refractivity contribution >= 4 is 17.7 Å². The van der Waals surface area contributed by atoms with E-state index in [-0.39, 0.29) is 5.91 Å². The van der Waals surface area contributed by atoms with Crippen molar-refractivity contribution in [2.45, 2.75) is 39.8 Å². The van der Waals surface area contributed by atoms with Gasteiger partial charge in [0.15, 0.2) is 0 Å². The van der Waals surface area contributed by atoms with Gasteiger partial charge in [0.2, 0.25) is 0 Å². The molecule has 0 aliphatic heterocycles. The van der Waals surface area contributed by atoms with Crippen molar-refractivity contribution in [1.29, 1.82) is 0 Å². The topological polar surface area (TPSA) is 71.5 Å². The van der Waals surface area contributed by atoms with E-state index in [1.165, 1.54) is 4.90 Å². The summed E-state index contributed by atoms with van der Waals surface area (Å²) in [6.07, 6.45) is -0.421. The molecule has 6 nitrogen and oxygen atoms in total. The Bertz CT molecular complexity index is 1100. The van der Waals surface area contributed by atoms with Crippen LogP contribution in [0.1, 0.15) is 42.4 Å². The molecule has 0 aliphatic carbocycles. The first-order valence-electron chi connectivity index (χ1n) is 10.5. The van der Waals surface area contributed by atoms with Crippen molar-refractivity contribution in [3.05, 3.63) is 83.6 Å². The summed E-state index contributed by atoms with van der Waals surface area (Å²) in [4.78, 5) is 31.4. The predicted molar refractivity (Wildman–Crippen MR) is 127 cm³/mol. The normalized spacial score (nSPS) is 11.0. The smallest absolute Gasteiger partial charge is 0.410 e. The Morgan fingerprint density at radius 2 is 1.62 bits per heavy atom. The van der Waals surface area contributed by atoms with Gasteiger partial charge < -0.3 is 15.0 Å². The molecule has 0 unspecified atom stereocenters. The summed E-state index contributed by atoms with van der Waals surface area (Å²) in [5.41, 5.74) is 3.83. The van der Waals surface area contributed by atoms with Crippen molar-refractivity contribution < 1.29 is 14.3 Å². The SMILES string of the molecule is Cc1nc(-c2ccccc2)ccc1C(=O)Nc1ccccc1CN(C)C(=O)OC(C)(C)C. The number of hydrogen-bond acceptors (Lipinski definition) is 4. The number of carbonyl (C=O) groups is 2. The number of pyridine rings is 1. The van der Waals surface area contributed by atoms with Crippen LogP contribution in [0.25, 0.3) is 11.3 Å². The Morgan fingerprint density at radius 3 is 2.28 bits per heavy atom. The van der Waals surface area contributed by atoms with Crippen LogP contribution in [0.3, 0.4) is 0 Å². The number of amides is 2. The molecule has 3 rings (SSSR count). The lowest BCUT2D eigenvalue weighted by Crippen LogP contribution is -2.34. The van der Waals surface area contributed by atoms with Crippen molar-refractivity contribution in [1.82, 2.24) is 9.88 Å². The van der Waals surface area contributed by atoms with E-state index >= 15 is 0 Å². The molecule has 0 atom stereocenters. The van der Waals surface area contributed by atoms with Gasteiger partial charge in [-0.3, -0.25) is 9.78 Å². The number of aromatic nitrogens is 1. The van der Waals surface area contributed by atoms with Gasteiger partial charge in [0, 0.05) is 18.3 Å². The quantitative estimate of drug-likeness (QED) is 0.564. The zero-order valence-electron chi connectivity index (χ0n) is 19.2. The molecule has 6 heteroatoms. The molecule has 0 saturated heterocycles. The molecule has 1 N–H and O–H groups in total. The first-order valence-corrected chi connectivity index (χ1v) is 10.5. The molecule has 0 radical (unpaired) electrons. The molecule has 2 aromatic carbocycles. The maximum Gasteiger partial charge on any atom is 0.410 e.